The first-order valence-corrected chi connectivity index (χ1v) is 9.91. The Bertz CT molecular complexity index is 726. The lowest BCUT2D eigenvalue weighted by molar-refractivity contribution is -0.123. The third kappa shape index (κ3) is 3.34. The van der Waals surface area contributed by atoms with E-state index in [0.717, 1.165) is 37.9 Å². The minimum Gasteiger partial charge on any atom is -0.349 e. The van der Waals surface area contributed by atoms with E-state index in [2.05, 4.69) is 15.4 Å². The van der Waals surface area contributed by atoms with Gasteiger partial charge in [0, 0.05) is 5.92 Å². The highest BCUT2D eigenvalue weighted by Crippen LogP contribution is 2.58. The minimum atomic E-state index is -3.48. The zero-order chi connectivity index (χ0) is 17.4. The van der Waals surface area contributed by atoms with Crippen LogP contribution in [0.2, 0.25) is 0 Å². The van der Waals surface area contributed by atoms with Crippen LogP contribution in [0.3, 0.4) is 0 Å². The molecule has 2 aliphatic rings. The van der Waals surface area contributed by atoms with Crippen LogP contribution in [0.4, 0.5) is 0 Å². The summed E-state index contributed by atoms with van der Waals surface area (Å²) in [6, 6.07) is 6.49. The molecule has 2 atom stereocenters. The summed E-state index contributed by atoms with van der Waals surface area (Å²) in [5.74, 6) is 0.192. The Hall–Kier alpha value is -1.44. The van der Waals surface area contributed by atoms with Gasteiger partial charge in [0.1, 0.15) is 0 Å². The molecule has 1 saturated heterocycles. The molecule has 0 bridgehead atoms. The standard InChI is InChI=1S/C17H25N3O3S/c1-12(13-4-3-5-14(10-13)24(22,23)18-2)20-16(21)15-11-17(15)6-8-19-9-7-17/h3-5,10,12,15,18-19H,6-9,11H2,1-2H3,(H,20,21). The van der Waals surface area contributed by atoms with Crippen LogP contribution >= 0.6 is 0 Å². The first-order chi connectivity index (χ1) is 11.4. The lowest BCUT2D eigenvalue weighted by atomic mass is 9.91. The second-order valence-electron chi connectivity index (χ2n) is 6.88. The van der Waals surface area contributed by atoms with Gasteiger partial charge in [-0.05, 0) is 69.4 Å². The Morgan fingerprint density at radius 3 is 2.71 bits per heavy atom. The maximum absolute atomic E-state index is 12.5. The Morgan fingerprint density at radius 2 is 2.04 bits per heavy atom. The maximum atomic E-state index is 12.5. The number of hydrogen-bond acceptors (Lipinski definition) is 4. The maximum Gasteiger partial charge on any atom is 0.240 e. The number of nitrogens with one attached hydrogen (secondary N) is 3. The molecule has 2 fully saturated rings. The number of sulfonamides is 1. The summed E-state index contributed by atoms with van der Waals surface area (Å²) in [5.41, 5.74) is 0.992. The van der Waals surface area contributed by atoms with E-state index in [9.17, 15) is 13.2 Å². The van der Waals surface area contributed by atoms with Crippen LogP contribution < -0.4 is 15.4 Å². The molecule has 1 amide bonds. The fourth-order valence-electron chi connectivity index (χ4n) is 3.66. The Balaban J connectivity index is 1.66. The third-order valence-electron chi connectivity index (χ3n) is 5.40. The zero-order valence-electron chi connectivity index (χ0n) is 14.1. The molecule has 6 nitrogen and oxygen atoms in total. The van der Waals surface area contributed by atoms with Crippen LogP contribution in [-0.2, 0) is 14.8 Å². The predicted octanol–water partition coefficient (Wildman–Crippen LogP) is 1.16. The van der Waals surface area contributed by atoms with Crippen molar-refractivity contribution in [2.24, 2.45) is 11.3 Å². The van der Waals surface area contributed by atoms with E-state index in [0.29, 0.717) is 0 Å². The van der Waals surface area contributed by atoms with Crippen LogP contribution in [0.25, 0.3) is 0 Å². The van der Waals surface area contributed by atoms with Crippen LogP contribution in [0, 0.1) is 11.3 Å². The molecule has 2 unspecified atom stereocenters. The van der Waals surface area contributed by atoms with E-state index in [1.165, 1.54) is 7.05 Å². The van der Waals surface area contributed by atoms with Gasteiger partial charge in [0.05, 0.1) is 10.9 Å². The summed E-state index contributed by atoms with van der Waals surface area (Å²) >= 11 is 0. The van der Waals surface area contributed by atoms with E-state index < -0.39 is 10.0 Å². The van der Waals surface area contributed by atoms with Crippen molar-refractivity contribution in [3.8, 4) is 0 Å². The smallest absolute Gasteiger partial charge is 0.240 e. The Kier molecular flexibility index (Phi) is 4.68. The lowest BCUT2D eigenvalue weighted by Crippen LogP contribution is -2.34. The summed E-state index contributed by atoms with van der Waals surface area (Å²) in [4.78, 5) is 12.8. The molecule has 24 heavy (non-hydrogen) atoms. The first-order valence-electron chi connectivity index (χ1n) is 8.43. The fourth-order valence-corrected chi connectivity index (χ4v) is 4.45. The molecule has 7 heteroatoms. The molecule has 1 saturated carbocycles. The van der Waals surface area contributed by atoms with Crippen LogP contribution in [0.15, 0.2) is 29.2 Å². The van der Waals surface area contributed by atoms with E-state index in [4.69, 9.17) is 0 Å². The quantitative estimate of drug-likeness (QED) is 0.743. The number of benzene rings is 1. The summed E-state index contributed by atoms with van der Waals surface area (Å²) in [7, 11) is -2.09. The molecule has 1 aliphatic carbocycles. The molecule has 1 aromatic carbocycles. The Morgan fingerprint density at radius 1 is 1.33 bits per heavy atom. The molecular formula is C17H25N3O3S. The monoisotopic (exact) mass is 351 g/mol. The molecule has 0 radical (unpaired) electrons. The number of carbonyl (C=O) groups excluding carboxylic acids is 1. The van der Waals surface area contributed by atoms with Gasteiger partial charge >= 0.3 is 0 Å². The van der Waals surface area contributed by atoms with Gasteiger partial charge < -0.3 is 10.6 Å². The average molecular weight is 351 g/mol. The largest absolute Gasteiger partial charge is 0.349 e. The summed E-state index contributed by atoms with van der Waals surface area (Å²) in [6.07, 6.45) is 3.10. The van der Waals surface area contributed by atoms with Crippen molar-refractivity contribution in [1.29, 1.82) is 0 Å². The number of carbonyl (C=O) groups is 1. The molecule has 1 aromatic rings. The molecule has 1 heterocycles. The van der Waals surface area contributed by atoms with E-state index in [1.54, 1.807) is 18.2 Å². The topological polar surface area (TPSA) is 87.3 Å². The molecule has 3 N–H and O–H groups in total. The van der Waals surface area contributed by atoms with Crippen molar-refractivity contribution in [3.63, 3.8) is 0 Å². The van der Waals surface area contributed by atoms with E-state index in [1.807, 2.05) is 13.0 Å². The molecule has 132 valence electrons. The van der Waals surface area contributed by atoms with E-state index in [-0.39, 0.29) is 28.2 Å². The summed E-state index contributed by atoms with van der Waals surface area (Å²) in [6.45, 7) is 3.87. The Labute approximate surface area is 143 Å². The van der Waals surface area contributed by atoms with Gasteiger partial charge in [0.25, 0.3) is 0 Å². The highest BCUT2D eigenvalue weighted by molar-refractivity contribution is 7.89. The zero-order valence-corrected chi connectivity index (χ0v) is 14.9. The lowest BCUT2D eigenvalue weighted by Gasteiger charge is -2.24. The highest BCUT2D eigenvalue weighted by Gasteiger charge is 2.57. The van der Waals surface area contributed by atoms with Crippen molar-refractivity contribution in [1.82, 2.24) is 15.4 Å². The third-order valence-corrected chi connectivity index (χ3v) is 6.81. The number of hydrogen-bond donors (Lipinski definition) is 3. The molecule has 1 spiro atoms. The number of rotatable bonds is 5. The van der Waals surface area contributed by atoms with Crippen LogP contribution in [-0.4, -0.2) is 34.5 Å². The number of piperidine rings is 1. The van der Waals surface area contributed by atoms with Gasteiger partial charge in [0.2, 0.25) is 15.9 Å². The van der Waals surface area contributed by atoms with Gasteiger partial charge in [0.15, 0.2) is 0 Å². The van der Waals surface area contributed by atoms with Crippen molar-refractivity contribution < 1.29 is 13.2 Å². The highest BCUT2D eigenvalue weighted by atomic mass is 32.2. The SMILES string of the molecule is CNS(=O)(=O)c1cccc(C(C)NC(=O)C2CC23CCNCC3)c1. The molecular weight excluding hydrogens is 326 g/mol. The predicted molar refractivity (Wildman–Crippen MR) is 91.9 cm³/mol. The minimum absolute atomic E-state index is 0.0891. The normalized spacial score (nSPS) is 23.7. The van der Waals surface area contributed by atoms with E-state index >= 15 is 0 Å². The van der Waals surface area contributed by atoms with Gasteiger partial charge in [-0.1, -0.05) is 12.1 Å². The molecule has 3 rings (SSSR count). The summed E-state index contributed by atoms with van der Waals surface area (Å²) < 4.78 is 26.1. The van der Waals surface area contributed by atoms with Crippen molar-refractivity contribution in [3.05, 3.63) is 29.8 Å². The fraction of sp³-hybridized carbons (Fsp3) is 0.588. The van der Waals surface area contributed by atoms with Gasteiger partial charge in [-0.25, -0.2) is 13.1 Å². The van der Waals surface area contributed by atoms with Crippen molar-refractivity contribution in [2.45, 2.75) is 37.1 Å². The molecule has 0 aromatic heterocycles. The van der Waals surface area contributed by atoms with Crippen LogP contribution in [0.5, 0.6) is 0 Å². The average Bonchev–Trinajstić information content (AvgIpc) is 3.28. The second-order valence-corrected chi connectivity index (χ2v) is 8.77. The van der Waals surface area contributed by atoms with Crippen molar-refractivity contribution in [2.75, 3.05) is 20.1 Å². The van der Waals surface area contributed by atoms with Crippen molar-refractivity contribution >= 4 is 15.9 Å². The molecule has 1 aliphatic heterocycles. The number of amides is 1. The first kappa shape index (κ1) is 17.4. The van der Waals surface area contributed by atoms with Gasteiger partial charge in [-0.15, -0.1) is 0 Å². The summed E-state index contributed by atoms with van der Waals surface area (Å²) in [5, 5.41) is 6.39. The second kappa shape index (κ2) is 6.46. The van der Waals surface area contributed by atoms with Gasteiger partial charge in [-0.2, -0.15) is 0 Å². The van der Waals surface area contributed by atoms with Crippen LogP contribution in [0.1, 0.15) is 37.8 Å². The van der Waals surface area contributed by atoms with Gasteiger partial charge in [-0.3, -0.25) is 4.79 Å².